The monoisotopic (exact) mass is 616 g/mol. The molecule has 3 atom stereocenters. The molecule has 3 aliphatic heterocycles. The summed E-state index contributed by atoms with van der Waals surface area (Å²) in [5.41, 5.74) is -1.12. The van der Waals surface area contributed by atoms with Crippen LogP contribution < -0.4 is 15.4 Å². The minimum atomic E-state index is -0.989. The van der Waals surface area contributed by atoms with Crippen LogP contribution in [-0.4, -0.2) is 74.2 Å². The Morgan fingerprint density at radius 1 is 1.24 bits per heavy atom. The van der Waals surface area contributed by atoms with Crippen LogP contribution in [-0.2, 0) is 9.59 Å². The second kappa shape index (κ2) is 10.9. The van der Waals surface area contributed by atoms with E-state index < -0.39 is 41.2 Å². The molecule has 3 saturated heterocycles. The predicted octanol–water partition coefficient (Wildman–Crippen LogP) is 3.98. The molecule has 7 rings (SSSR count). The van der Waals surface area contributed by atoms with Crippen molar-refractivity contribution in [3.8, 4) is 35.4 Å². The standard InChI is InChI=1S/C32H27F3N6O4/c1-2-19-22(34)5-4-16-10-18(42)11-20(25(16)19)27-26(35)28-21(13-36-27)29(37-23-6-7-24(43)38-30(23)44)40-31(39-28)45-15-32-8-3-9-41(32)14-17(33)12-32/h1,4-5,10-11,13,17,23,42H,3,6-9,12,14-15H2,(H,37,39,40)(H,38,43,44)/t17-,23?,32+/m1/s1. The Morgan fingerprint density at radius 3 is 2.89 bits per heavy atom. The van der Waals surface area contributed by atoms with E-state index in [1.165, 1.54) is 24.4 Å². The van der Waals surface area contributed by atoms with Gasteiger partial charge in [-0.15, -0.1) is 6.42 Å². The summed E-state index contributed by atoms with van der Waals surface area (Å²) in [6.45, 7) is 1.12. The maximum atomic E-state index is 16.6. The normalized spacial score (nSPS) is 23.2. The van der Waals surface area contributed by atoms with Gasteiger partial charge in [-0.2, -0.15) is 9.97 Å². The number of terminal acetylenes is 1. The van der Waals surface area contributed by atoms with Gasteiger partial charge in [0.2, 0.25) is 11.8 Å². The van der Waals surface area contributed by atoms with Crippen LogP contribution in [0.15, 0.2) is 30.5 Å². The lowest BCUT2D eigenvalue weighted by Gasteiger charge is -2.31. The molecule has 2 aromatic heterocycles. The third-order valence-electron chi connectivity index (χ3n) is 8.90. The first kappa shape index (κ1) is 28.8. The maximum absolute atomic E-state index is 16.6. The molecular formula is C32H27F3N6O4. The number of rotatable bonds is 6. The minimum absolute atomic E-state index is 0.0362. The number of pyridine rings is 1. The van der Waals surface area contributed by atoms with Crippen molar-refractivity contribution in [2.75, 3.05) is 25.0 Å². The van der Waals surface area contributed by atoms with E-state index in [4.69, 9.17) is 11.2 Å². The van der Waals surface area contributed by atoms with Crippen molar-refractivity contribution in [3.63, 3.8) is 0 Å². The van der Waals surface area contributed by atoms with Gasteiger partial charge in [-0.05, 0) is 49.4 Å². The first-order valence-corrected chi connectivity index (χ1v) is 14.6. The van der Waals surface area contributed by atoms with E-state index in [1.54, 1.807) is 0 Å². The number of phenols is 1. The topological polar surface area (TPSA) is 130 Å². The summed E-state index contributed by atoms with van der Waals surface area (Å²) in [4.78, 5) is 39.4. The lowest BCUT2D eigenvalue weighted by atomic mass is 9.95. The number of halogens is 3. The van der Waals surface area contributed by atoms with Crippen molar-refractivity contribution in [1.82, 2.24) is 25.2 Å². The molecule has 13 heteroatoms. The zero-order valence-electron chi connectivity index (χ0n) is 23.9. The highest BCUT2D eigenvalue weighted by molar-refractivity contribution is 6.04. The van der Waals surface area contributed by atoms with E-state index in [1.807, 2.05) is 0 Å². The Morgan fingerprint density at radius 2 is 2.09 bits per heavy atom. The fraction of sp³-hybridized carbons (Fsp3) is 0.344. The molecular weight excluding hydrogens is 589 g/mol. The molecule has 0 bridgehead atoms. The number of piperidine rings is 1. The molecule has 2 amide bonds. The number of amides is 2. The summed E-state index contributed by atoms with van der Waals surface area (Å²) in [5.74, 6) is -0.487. The SMILES string of the molecule is C#Cc1c(F)ccc2cc(O)cc(-c3ncc4c(NC5CCC(=O)NC5=O)nc(OC[C@@]56CCCN5C[C@H](F)C6)nc4c3F)c12. The highest BCUT2D eigenvalue weighted by atomic mass is 19.1. The van der Waals surface area contributed by atoms with Gasteiger partial charge in [0.25, 0.3) is 0 Å². The number of imide groups is 1. The molecule has 45 heavy (non-hydrogen) atoms. The van der Waals surface area contributed by atoms with E-state index in [2.05, 4.69) is 36.4 Å². The summed E-state index contributed by atoms with van der Waals surface area (Å²) < 4.78 is 51.7. The van der Waals surface area contributed by atoms with Crippen molar-refractivity contribution < 1.29 is 32.6 Å². The summed E-state index contributed by atoms with van der Waals surface area (Å²) in [7, 11) is 0. The van der Waals surface area contributed by atoms with Crippen molar-refractivity contribution >= 4 is 39.3 Å². The Balaban J connectivity index is 1.36. The van der Waals surface area contributed by atoms with Crippen LogP contribution in [0.4, 0.5) is 19.0 Å². The number of anilines is 1. The second-order valence-corrected chi connectivity index (χ2v) is 11.7. The zero-order valence-corrected chi connectivity index (χ0v) is 23.9. The number of hydrogen-bond acceptors (Lipinski definition) is 9. The van der Waals surface area contributed by atoms with Gasteiger partial charge in [-0.25, -0.2) is 13.2 Å². The molecule has 0 aliphatic carbocycles. The summed E-state index contributed by atoms with van der Waals surface area (Å²) >= 11 is 0. The highest BCUT2D eigenvalue weighted by Crippen LogP contribution is 2.41. The minimum Gasteiger partial charge on any atom is -0.508 e. The number of carbonyl (C=O) groups is 2. The average Bonchev–Trinajstić information content (AvgIpc) is 3.53. The highest BCUT2D eigenvalue weighted by Gasteiger charge is 2.49. The Labute approximate surface area is 255 Å². The summed E-state index contributed by atoms with van der Waals surface area (Å²) in [5, 5.41) is 16.3. The molecule has 0 spiro atoms. The number of nitrogens with zero attached hydrogens (tertiary/aromatic N) is 4. The van der Waals surface area contributed by atoms with Gasteiger partial charge in [0.15, 0.2) is 5.82 Å². The van der Waals surface area contributed by atoms with Crippen LogP contribution in [0.3, 0.4) is 0 Å². The Bertz CT molecular complexity index is 1950. The fourth-order valence-electron chi connectivity index (χ4n) is 6.80. The van der Waals surface area contributed by atoms with Crippen molar-refractivity contribution in [3.05, 3.63) is 47.7 Å². The number of hydrogen-bond donors (Lipinski definition) is 3. The number of benzene rings is 2. The van der Waals surface area contributed by atoms with Gasteiger partial charge in [0.05, 0.1) is 16.5 Å². The van der Waals surface area contributed by atoms with Crippen molar-refractivity contribution in [2.45, 2.75) is 49.9 Å². The molecule has 2 aromatic carbocycles. The van der Waals surface area contributed by atoms with Crippen LogP contribution in [0.2, 0.25) is 0 Å². The zero-order chi connectivity index (χ0) is 31.5. The molecule has 5 heterocycles. The number of ether oxygens (including phenoxy) is 1. The van der Waals surface area contributed by atoms with E-state index in [0.717, 1.165) is 25.5 Å². The Kier molecular flexibility index (Phi) is 6.96. The van der Waals surface area contributed by atoms with Gasteiger partial charge in [-0.3, -0.25) is 24.8 Å². The van der Waals surface area contributed by atoms with Crippen molar-refractivity contribution in [2.24, 2.45) is 0 Å². The lowest BCUT2D eigenvalue weighted by Crippen LogP contribution is -2.47. The molecule has 230 valence electrons. The Hall–Kier alpha value is -4.96. The van der Waals surface area contributed by atoms with Crippen LogP contribution in [0, 0.1) is 24.0 Å². The molecule has 3 N–H and O–H groups in total. The predicted molar refractivity (Wildman–Crippen MR) is 158 cm³/mol. The van der Waals surface area contributed by atoms with E-state index in [0.29, 0.717) is 18.4 Å². The van der Waals surface area contributed by atoms with Gasteiger partial charge >= 0.3 is 6.01 Å². The number of nitrogens with one attached hydrogen (secondary N) is 2. The number of aromatic hydroxyl groups is 1. The molecule has 10 nitrogen and oxygen atoms in total. The van der Waals surface area contributed by atoms with Crippen molar-refractivity contribution in [1.29, 1.82) is 0 Å². The number of carbonyl (C=O) groups excluding carboxylic acids is 2. The fourth-order valence-corrected chi connectivity index (χ4v) is 6.80. The first-order chi connectivity index (χ1) is 21.7. The van der Waals surface area contributed by atoms with Gasteiger partial charge in [0.1, 0.15) is 47.4 Å². The number of aromatic nitrogens is 3. The summed E-state index contributed by atoms with van der Waals surface area (Å²) in [6, 6.07) is 4.12. The molecule has 3 fully saturated rings. The quantitative estimate of drug-likeness (QED) is 0.218. The van der Waals surface area contributed by atoms with Crippen LogP contribution in [0.1, 0.15) is 37.7 Å². The lowest BCUT2D eigenvalue weighted by molar-refractivity contribution is -0.133. The van der Waals surface area contributed by atoms with Gasteiger partial charge < -0.3 is 15.2 Å². The van der Waals surface area contributed by atoms with E-state index in [-0.39, 0.29) is 70.1 Å². The van der Waals surface area contributed by atoms with E-state index in [9.17, 15) is 23.5 Å². The molecule has 1 unspecified atom stereocenters. The number of phenolic OH excluding ortho intramolecular Hbond substituents is 1. The average molecular weight is 617 g/mol. The van der Waals surface area contributed by atoms with Crippen LogP contribution in [0.5, 0.6) is 11.8 Å². The third kappa shape index (κ3) is 4.95. The smallest absolute Gasteiger partial charge is 0.319 e. The second-order valence-electron chi connectivity index (χ2n) is 11.7. The van der Waals surface area contributed by atoms with Gasteiger partial charge in [-0.1, -0.05) is 12.0 Å². The van der Waals surface area contributed by atoms with Gasteiger partial charge in [0, 0.05) is 36.5 Å². The first-order valence-electron chi connectivity index (χ1n) is 14.6. The number of fused-ring (bicyclic) bond motifs is 3. The summed E-state index contributed by atoms with van der Waals surface area (Å²) in [6.07, 6.45) is 8.09. The van der Waals surface area contributed by atoms with E-state index >= 15 is 4.39 Å². The molecule has 0 radical (unpaired) electrons. The third-order valence-corrected chi connectivity index (χ3v) is 8.90. The van der Waals surface area contributed by atoms with Crippen LogP contribution >= 0.6 is 0 Å². The largest absolute Gasteiger partial charge is 0.508 e. The molecule has 0 saturated carbocycles. The molecule has 4 aromatic rings. The number of alkyl halides is 1. The maximum Gasteiger partial charge on any atom is 0.319 e. The van der Waals surface area contributed by atoms with Crippen LogP contribution in [0.25, 0.3) is 32.9 Å². The molecule has 3 aliphatic rings.